The minimum atomic E-state index is -0.605. The second-order valence-electron chi connectivity index (χ2n) is 4.27. The summed E-state index contributed by atoms with van der Waals surface area (Å²) in [6.45, 7) is 4.28. The molecule has 0 bridgehead atoms. The van der Waals surface area contributed by atoms with E-state index in [1.54, 1.807) is 0 Å². The van der Waals surface area contributed by atoms with E-state index in [1.165, 1.54) is 16.9 Å². The average Bonchev–Trinajstić information content (AvgIpc) is 2.80. The van der Waals surface area contributed by atoms with Gasteiger partial charge in [0.05, 0.1) is 10.6 Å². The van der Waals surface area contributed by atoms with E-state index in [9.17, 15) is 5.11 Å². The van der Waals surface area contributed by atoms with Crippen LogP contribution < -0.4 is 5.73 Å². The molecule has 0 saturated carbocycles. The zero-order chi connectivity index (χ0) is 13.1. The maximum absolute atomic E-state index is 9.80. The lowest BCUT2D eigenvalue weighted by molar-refractivity contribution is 0.189. The SMILES string of the molecule is CCc1ccc(-c2nc(C)c(C(O)CN)s2)cc1. The fourth-order valence-corrected chi connectivity index (χ4v) is 2.90. The number of aryl methyl sites for hydroxylation is 2. The lowest BCUT2D eigenvalue weighted by Gasteiger charge is -2.03. The van der Waals surface area contributed by atoms with Crippen LogP contribution in [0.3, 0.4) is 0 Å². The molecule has 3 nitrogen and oxygen atoms in total. The van der Waals surface area contributed by atoms with E-state index in [-0.39, 0.29) is 6.54 Å². The number of hydrogen-bond donors (Lipinski definition) is 2. The quantitative estimate of drug-likeness (QED) is 0.890. The molecular formula is C14H18N2OS. The van der Waals surface area contributed by atoms with Crippen LogP contribution in [0.1, 0.15) is 29.2 Å². The van der Waals surface area contributed by atoms with Gasteiger partial charge in [0, 0.05) is 12.1 Å². The van der Waals surface area contributed by atoms with Gasteiger partial charge >= 0.3 is 0 Å². The molecule has 1 atom stereocenters. The second kappa shape index (κ2) is 5.61. The third-order valence-corrected chi connectivity index (χ3v) is 4.28. The normalized spacial score (nSPS) is 12.7. The molecule has 0 spiro atoms. The van der Waals surface area contributed by atoms with Crippen LogP contribution in [0.25, 0.3) is 10.6 Å². The number of nitrogens with two attached hydrogens (primary N) is 1. The van der Waals surface area contributed by atoms with Gasteiger partial charge in [-0.05, 0) is 18.9 Å². The van der Waals surface area contributed by atoms with Crippen molar-refractivity contribution in [3.05, 3.63) is 40.4 Å². The molecule has 1 unspecified atom stereocenters. The summed E-state index contributed by atoms with van der Waals surface area (Å²) in [7, 11) is 0. The number of benzene rings is 1. The highest BCUT2D eigenvalue weighted by atomic mass is 32.1. The fraction of sp³-hybridized carbons (Fsp3) is 0.357. The van der Waals surface area contributed by atoms with Crippen molar-refractivity contribution in [2.24, 2.45) is 5.73 Å². The Morgan fingerprint density at radius 2 is 2.00 bits per heavy atom. The van der Waals surface area contributed by atoms with Crippen molar-refractivity contribution in [1.29, 1.82) is 0 Å². The molecule has 2 rings (SSSR count). The lowest BCUT2D eigenvalue weighted by Crippen LogP contribution is -2.10. The van der Waals surface area contributed by atoms with Crippen molar-refractivity contribution in [1.82, 2.24) is 4.98 Å². The minimum absolute atomic E-state index is 0.233. The molecule has 2 aromatic rings. The first-order chi connectivity index (χ1) is 8.65. The summed E-state index contributed by atoms with van der Waals surface area (Å²) in [5.74, 6) is 0. The molecule has 0 aliphatic carbocycles. The Kier molecular flexibility index (Phi) is 4.11. The zero-order valence-corrected chi connectivity index (χ0v) is 11.5. The average molecular weight is 262 g/mol. The molecule has 0 fully saturated rings. The third kappa shape index (κ3) is 2.61. The predicted molar refractivity (Wildman–Crippen MR) is 75.7 cm³/mol. The number of nitrogens with zero attached hydrogens (tertiary/aromatic N) is 1. The van der Waals surface area contributed by atoms with Crippen LogP contribution in [0, 0.1) is 6.92 Å². The highest BCUT2D eigenvalue weighted by Gasteiger charge is 2.15. The van der Waals surface area contributed by atoms with Crippen LogP contribution in [-0.2, 0) is 6.42 Å². The topological polar surface area (TPSA) is 59.1 Å². The first kappa shape index (κ1) is 13.2. The van der Waals surface area contributed by atoms with E-state index in [4.69, 9.17) is 5.73 Å². The number of rotatable bonds is 4. The van der Waals surface area contributed by atoms with Crippen LogP contribution in [0.5, 0.6) is 0 Å². The van der Waals surface area contributed by atoms with Gasteiger partial charge in [-0.3, -0.25) is 0 Å². The standard InChI is InChI=1S/C14H18N2OS/c1-3-10-4-6-11(7-5-10)14-16-9(2)13(18-14)12(17)8-15/h4-7,12,17H,3,8,15H2,1-2H3. The minimum Gasteiger partial charge on any atom is -0.386 e. The van der Waals surface area contributed by atoms with E-state index in [0.717, 1.165) is 27.6 Å². The molecule has 1 aromatic carbocycles. The van der Waals surface area contributed by atoms with Gasteiger partial charge in [-0.2, -0.15) is 0 Å². The summed E-state index contributed by atoms with van der Waals surface area (Å²) < 4.78 is 0. The van der Waals surface area contributed by atoms with Gasteiger partial charge in [-0.15, -0.1) is 11.3 Å². The molecule has 0 aliphatic rings. The smallest absolute Gasteiger partial charge is 0.123 e. The molecule has 96 valence electrons. The third-order valence-electron chi connectivity index (χ3n) is 2.97. The number of hydrogen-bond acceptors (Lipinski definition) is 4. The van der Waals surface area contributed by atoms with Gasteiger partial charge < -0.3 is 10.8 Å². The summed E-state index contributed by atoms with van der Waals surface area (Å²) in [4.78, 5) is 5.38. The molecular weight excluding hydrogens is 244 g/mol. The molecule has 0 radical (unpaired) electrons. The Morgan fingerprint density at radius 1 is 1.33 bits per heavy atom. The molecule has 3 N–H and O–H groups in total. The monoisotopic (exact) mass is 262 g/mol. The molecule has 0 saturated heterocycles. The second-order valence-corrected chi connectivity index (χ2v) is 5.30. The first-order valence-electron chi connectivity index (χ1n) is 6.10. The highest BCUT2D eigenvalue weighted by Crippen LogP contribution is 2.31. The first-order valence-corrected chi connectivity index (χ1v) is 6.92. The summed E-state index contributed by atoms with van der Waals surface area (Å²) in [6.07, 6.45) is 0.431. The molecule has 1 aromatic heterocycles. The molecule has 4 heteroatoms. The summed E-state index contributed by atoms with van der Waals surface area (Å²) in [6, 6.07) is 8.39. The summed E-state index contributed by atoms with van der Waals surface area (Å²) in [5.41, 5.74) is 8.76. The van der Waals surface area contributed by atoms with Crippen LogP contribution in [0.4, 0.5) is 0 Å². The van der Waals surface area contributed by atoms with Crippen molar-refractivity contribution < 1.29 is 5.11 Å². The van der Waals surface area contributed by atoms with Crippen molar-refractivity contribution in [3.63, 3.8) is 0 Å². The Balaban J connectivity index is 2.33. The number of aromatic nitrogens is 1. The molecule has 18 heavy (non-hydrogen) atoms. The van der Waals surface area contributed by atoms with E-state index in [2.05, 4.69) is 36.2 Å². The Labute approximate surface area is 111 Å². The fourth-order valence-electron chi connectivity index (χ4n) is 1.83. The van der Waals surface area contributed by atoms with E-state index in [1.807, 2.05) is 6.92 Å². The predicted octanol–water partition coefficient (Wildman–Crippen LogP) is 2.67. The van der Waals surface area contributed by atoms with Gasteiger partial charge in [-0.1, -0.05) is 31.2 Å². The maximum Gasteiger partial charge on any atom is 0.123 e. The van der Waals surface area contributed by atoms with Crippen molar-refractivity contribution >= 4 is 11.3 Å². The van der Waals surface area contributed by atoms with Gasteiger partial charge in [0.2, 0.25) is 0 Å². The Bertz CT molecular complexity index is 519. The lowest BCUT2D eigenvalue weighted by atomic mass is 10.1. The molecule has 0 amide bonds. The number of thiazole rings is 1. The van der Waals surface area contributed by atoms with Gasteiger partial charge in [0.1, 0.15) is 11.1 Å². The molecule has 1 heterocycles. The van der Waals surface area contributed by atoms with Crippen LogP contribution >= 0.6 is 11.3 Å². The van der Waals surface area contributed by atoms with E-state index >= 15 is 0 Å². The van der Waals surface area contributed by atoms with Gasteiger partial charge in [0.25, 0.3) is 0 Å². The number of aliphatic hydroxyl groups is 1. The van der Waals surface area contributed by atoms with E-state index < -0.39 is 6.10 Å². The maximum atomic E-state index is 9.80. The Morgan fingerprint density at radius 3 is 2.56 bits per heavy atom. The number of aliphatic hydroxyl groups excluding tert-OH is 1. The van der Waals surface area contributed by atoms with Gasteiger partial charge in [0.15, 0.2) is 0 Å². The van der Waals surface area contributed by atoms with Gasteiger partial charge in [-0.25, -0.2) is 4.98 Å². The van der Waals surface area contributed by atoms with Crippen molar-refractivity contribution in [2.75, 3.05) is 6.54 Å². The van der Waals surface area contributed by atoms with Crippen LogP contribution in [0.2, 0.25) is 0 Å². The largest absolute Gasteiger partial charge is 0.386 e. The van der Waals surface area contributed by atoms with Crippen molar-refractivity contribution in [3.8, 4) is 10.6 Å². The zero-order valence-electron chi connectivity index (χ0n) is 10.7. The Hall–Kier alpha value is -1.23. The summed E-state index contributed by atoms with van der Waals surface area (Å²) >= 11 is 1.52. The highest BCUT2D eigenvalue weighted by molar-refractivity contribution is 7.15. The van der Waals surface area contributed by atoms with Crippen molar-refractivity contribution in [2.45, 2.75) is 26.4 Å². The molecule has 0 aliphatic heterocycles. The van der Waals surface area contributed by atoms with Crippen LogP contribution in [-0.4, -0.2) is 16.6 Å². The van der Waals surface area contributed by atoms with Crippen LogP contribution in [0.15, 0.2) is 24.3 Å². The van der Waals surface area contributed by atoms with E-state index in [0.29, 0.717) is 0 Å². The summed E-state index contributed by atoms with van der Waals surface area (Å²) in [5, 5.41) is 10.7.